The predicted molar refractivity (Wildman–Crippen MR) is 72.9 cm³/mol. The van der Waals surface area contributed by atoms with E-state index in [0.717, 1.165) is 31.2 Å². The minimum Gasteiger partial charge on any atom is -0.308 e. The average Bonchev–Trinajstić information content (AvgIpc) is 2.31. The van der Waals surface area contributed by atoms with Gasteiger partial charge in [-0.15, -0.1) is 0 Å². The Bertz CT molecular complexity index is 406. The molecule has 1 fully saturated rings. The van der Waals surface area contributed by atoms with Crippen LogP contribution in [0.25, 0.3) is 0 Å². The molecular weight excluding hydrogens is 226 g/mol. The number of rotatable bonds is 3. The van der Waals surface area contributed by atoms with Crippen LogP contribution in [0.2, 0.25) is 0 Å². The molecule has 1 aromatic heterocycles. The second-order valence-corrected chi connectivity index (χ2v) is 5.90. The largest absolute Gasteiger partial charge is 0.308 e. The zero-order valence-corrected chi connectivity index (χ0v) is 11.5. The third kappa shape index (κ3) is 3.40. The van der Waals surface area contributed by atoms with Crippen molar-refractivity contribution >= 4 is 5.82 Å². The molecule has 100 valence electrons. The fourth-order valence-corrected chi connectivity index (χ4v) is 2.29. The highest BCUT2D eigenvalue weighted by atomic mass is 15.3. The van der Waals surface area contributed by atoms with Crippen molar-refractivity contribution in [2.75, 3.05) is 18.5 Å². The van der Waals surface area contributed by atoms with Gasteiger partial charge < -0.3 is 5.43 Å². The molecule has 0 aromatic carbocycles. The topological polar surface area (TPSA) is 67.1 Å². The van der Waals surface area contributed by atoms with Crippen LogP contribution in [-0.4, -0.2) is 28.0 Å². The molecule has 18 heavy (non-hydrogen) atoms. The molecule has 3 N–H and O–H groups in total. The van der Waals surface area contributed by atoms with Gasteiger partial charge in [-0.2, -0.15) is 0 Å². The number of hydrogen-bond donors (Lipinski definition) is 2. The number of nitrogens with one attached hydrogen (secondary N) is 1. The lowest BCUT2D eigenvalue weighted by molar-refractivity contribution is 0.124. The molecule has 2 heterocycles. The minimum absolute atomic E-state index is 0.480. The highest BCUT2D eigenvalue weighted by molar-refractivity contribution is 5.33. The zero-order valence-electron chi connectivity index (χ0n) is 11.5. The summed E-state index contributed by atoms with van der Waals surface area (Å²) in [6.45, 7) is 9.69. The monoisotopic (exact) mass is 249 g/mol. The number of nitrogens with zero attached hydrogens (tertiary/aromatic N) is 3. The van der Waals surface area contributed by atoms with Crippen LogP contribution < -0.4 is 11.3 Å². The second kappa shape index (κ2) is 5.20. The third-order valence-electron chi connectivity index (χ3n) is 3.62. The van der Waals surface area contributed by atoms with Gasteiger partial charge in [-0.1, -0.05) is 13.8 Å². The van der Waals surface area contributed by atoms with Crippen LogP contribution in [0.4, 0.5) is 5.82 Å². The Kier molecular flexibility index (Phi) is 3.82. The van der Waals surface area contributed by atoms with E-state index in [1.54, 1.807) is 0 Å². The highest BCUT2D eigenvalue weighted by Crippen LogP contribution is 2.30. The molecule has 0 unspecified atom stereocenters. The van der Waals surface area contributed by atoms with E-state index in [1.807, 2.05) is 13.0 Å². The van der Waals surface area contributed by atoms with E-state index in [4.69, 9.17) is 5.84 Å². The summed E-state index contributed by atoms with van der Waals surface area (Å²) in [5, 5.41) is 0. The lowest BCUT2D eigenvalue weighted by Crippen LogP contribution is -2.37. The summed E-state index contributed by atoms with van der Waals surface area (Å²) in [5.41, 5.74) is 4.02. The predicted octanol–water partition coefficient (Wildman–Crippen LogP) is 1.69. The van der Waals surface area contributed by atoms with Crippen LogP contribution in [0.5, 0.6) is 0 Å². The molecule has 0 saturated carbocycles. The summed E-state index contributed by atoms with van der Waals surface area (Å²) in [6, 6.07) is 1.85. The van der Waals surface area contributed by atoms with Crippen LogP contribution in [0.1, 0.15) is 38.2 Å². The first-order valence-corrected chi connectivity index (χ1v) is 6.52. The lowest BCUT2D eigenvalue weighted by atomic mass is 9.83. The van der Waals surface area contributed by atoms with Gasteiger partial charge in [0.2, 0.25) is 0 Å². The Morgan fingerprint density at radius 1 is 1.33 bits per heavy atom. The molecule has 0 spiro atoms. The summed E-state index contributed by atoms with van der Waals surface area (Å²) in [5.74, 6) is 6.94. The zero-order chi connectivity index (χ0) is 13.2. The van der Waals surface area contributed by atoms with E-state index in [-0.39, 0.29) is 0 Å². The summed E-state index contributed by atoms with van der Waals surface area (Å²) < 4.78 is 0. The molecule has 5 nitrogen and oxygen atoms in total. The van der Waals surface area contributed by atoms with Gasteiger partial charge in [-0.05, 0) is 38.3 Å². The molecule has 1 saturated heterocycles. The quantitative estimate of drug-likeness (QED) is 0.630. The molecule has 0 amide bonds. The lowest BCUT2D eigenvalue weighted by Gasteiger charge is -2.36. The number of piperidine rings is 1. The van der Waals surface area contributed by atoms with Crippen LogP contribution in [0.15, 0.2) is 6.07 Å². The number of nitrogens with two attached hydrogens (primary N) is 1. The van der Waals surface area contributed by atoms with E-state index in [1.165, 1.54) is 12.8 Å². The summed E-state index contributed by atoms with van der Waals surface area (Å²) in [6.07, 6.45) is 2.47. The molecule has 0 bridgehead atoms. The second-order valence-electron chi connectivity index (χ2n) is 5.90. The molecule has 0 radical (unpaired) electrons. The van der Waals surface area contributed by atoms with E-state index in [2.05, 4.69) is 34.1 Å². The summed E-state index contributed by atoms with van der Waals surface area (Å²) in [4.78, 5) is 11.3. The van der Waals surface area contributed by atoms with Gasteiger partial charge in [-0.3, -0.25) is 4.90 Å². The number of anilines is 1. The number of hydrazine groups is 1. The van der Waals surface area contributed by atoms with E-state index in [9.17, 15) is 0 Å². The Labute approximate surface area is 109 Å². The maximum absolute atomic E-state index is 5.40. The molecule has 0 atom stereocenters. The van der Waals surface area contributed by atoms with E-state index < -0.39 is 0 Å². The summed E-state index contributed by atoms with van der Waals surface area (Å²) >= 11 is 0. The van der Waals surface area contributed by atoms with Crippen molar-refractivity contribution in [3.8, 4) is 0 Å². The SMILES string of the molecule is Cc1cc(NN)nc(CN2CCC(C)(C)CC2)n1. The van der Waals surface area contributed by atoms with Gasteiger partial charge >= 0.3 is 0 Å². The van der Waals surface area contributed by atoms with E-state index >= 15 is 0 Å². The number of likely N-dealkylation sites (tertiary alicyclic amines) is 1. The van der Waals surface area contributed by atoms with Crippen LogP contribution in [0.3, 0.4) is 0 Å². The summed E-state index contributed by atoms with van der Waals surface area (Å²) in [7, 11) is 0. The smallest absolute Gasteiger partial charge is 0.145 e. The minimum atomic E-state index is 0.480. The Morgan fingerprint density at radius 2 is 2.00 bits per heavy atom. The third-order valence-corrected chi connectivity index (χ3v) is 3.62. The number of hydrogen-bond acceptors (Lipinski definition) is 5. The maximum Gasteiger partial charge on any atom is 0.145 e. The molecule has 0 aliphatic carbocycles. The Balaban J connectivity index is 2.00. The fraction of sp³-hybridized carbons (Fsp3) is 0.692. The van der Waals surface area contributed by atoms with Crippen molar-refractivity contribution in [3.63, 3.8) is 0 Å². The molecule has 1 aromatic rings. The Hall–Kier alpha value is -1.20. The fourth-order valence-electron chi connectivity index (χ4n) is 2.29. The van der Waals surface area contributed by atoms with Gasteiger partial charge in [0.1, 0.15) is 11.6 Å². The van der Waals surface area contributed by atoms with Crippen molar-refractivity contribution in [2.45, 2.75) is 40.2 Å². The van der Waals surface area contributed by atoms with Gasteiger partial charge in [0.15, 0.2) is 0 Å². The molecular formula is C13H23N5. The average molecular weight is 249 g/mol. The van der Waals surface area contributed by atoms with Gasteiger partial charge in [0, 0.05) is 11.8 Å². The van der Waals surface area contributed by atoms with Crippen LogP contribution >= 0.6 is 0 Å². The van der Waals surface area contributed by atoms with Crippen molar-refractivity contribution < 1.29 is 0 Å². The molecule has 1 aliphatic heterocycles. The van der Waals surface area contributed by atoms with Gasteiger partial charge in [0.05, 0.1) is 6.54 Å². The Morgan fingerprint density at radius 3 is 2.61 bits per heavy atom. The maximum atomic E-state index is 5.40. The highest BCUT2D eigenvalue weighted by Gasteiger charge is 2.25. The first kappa shape index (κ1) is 13.2. The van der Waals surface area contributed by atoms with Crippen LogP contribution in [0, 0.1) is 12.3 Å². The molecule has 5 heteroatoms. The standard InChI is InChI=1S/C13H23N5/c1-10-8-11(17-14)16-12(15-10)9-18-6-4-13(2,3)5-7-18/h8H,4-7,9,14H2,1-3H3,(H,15,16,17). The first-order valence-electron chi connectivity index (χ1n) is 6.52. The number of aromatic nitrogens is 2. The molecule has 1 aliphatic rings. The number of aryl methyl sites for hydroxylation is 1. The van der Waals surface area contributed by atoms with Crippen molar-refractivity contribution in [2.24, 2.45) is 11.3 Å². The first-order chi connectivity index (χ1) is 8.48. The molecule has 2 rings (SSSR count). The van der Waals surface area contributed by atoms with E-state index in [0.29, 0.717) is 11.2 Å². The van der Waals surface area contributed by atoms with Crippen molar-refractivity contribution in [3.05, 3.63) is 17.6 Å². The normalized spacial score (nSPS) is 19.8. The number of nitrogen functional groups attached to an aromatic ring is 1. The van der Waals surface area contributed by atoms with Crippen molar-refractivity contribution in [1.82, 2.24) is 14.9 Å². The van der Waals surface area contributed by atoms with Crippen LogP contribution in [-0.2, 0) is 6.54 Å². The van der Waals surface area contributed by atoms with Gasteiger partial charge in [-0.25, -0.2) is 15.8 Å². The van der Waals surface area contributed by atoms with Gasteiger partial charge in [0.25, 0.3) is 0 Å². The van der Waals surface area contributed by atoms with Crippen molar-refractivity contribution in [1.29, 1.82) is 0 Å².